The molecule has 1 aliphatic rings. The monoisotopic (exact) mass is 280 g/mol. The molecule has 0 spiro atoms. The highest BCUT2D eigenvalue weighted by Gasteiger charge is 2.27. The van der Waals surface area contributed by atoms with Gasteiger partial charge in [0, 0.05) is 18.8 Å². The van der Waals surface area contributed by atoms with Crippen LogP contribution in [0.3, 0.4) is 0 Å². The summed E-state index contributed by atoms with van der Waals surface area (Å²) >= 11 is 0. The van der Waals surface area contributed by atoms with Crippen LogP contribution < -0.4 is 5.32 Å². The van der Waals surface area contributed by atoms with E-state index in [0.717, 1.165) is 18.9 Å². The van der Waals surface area contributed by atoms with Gasteiger partial charge in [-0.3, -0.25) is 4.79 Å². The molecule has 1 heterocycles. The molecule has 1 aliphatic heterocycles. The number of hydrogen-bond acceptors (Lipinski definition) is 3. The normalized spacial score (nSPS) is 16.2. The van der Waals surface area contributed by atoms with E-state index in [-0.39, 0.29) is 10.8 Å². The Morgan fingerprint density at radius 2 is 2.00 bits per heavy atom. The Morgan fingerprint density at radius 3 is 2.63 bits per heavy atom. The van der Waals surface area contributed by atoms with E-state index in [4.69, 9.17) is 0 Å². The molecule has 1 amide bonds. The third-order valence-electron chi connectivity index (χ3n) is 2.99. The Labute approximate surface area is 113 Å². The van der Waals surface area contributed by atoms with E-state index in [1.807, 2.05) is 0 Å². The van der Waals surface area contributed by atoms with Crippen LogP contribution >= 0.6 is 0 Å². The summed E-state index contributed by atoms with van der Waals surface area (Å²) in [7, 11) is -3.45. The van der Waals surface area contributed by atoms with E-state index >= 15 is 0 Å². The molecule has 0 aliphatic carbocycles. The zero-order valence-electron chi connectivity index (χ0n) is 10.5. The second-order valence-corrected chi connectivity index (χ2v) is 6.27. The highest BCUT2D eigenvalue weighted by Crippen LogP contribution is 2.23. The van der Waals surface area contributed by atoms with Gasteiger partial charge in [0.05, 0.1) is 4.90 Å². The number of rotatable bonds is 4. The molecule has 0 saturated carbocycles. The highest BCUT2D eigenvalue weighted by atomic mass is 32.2. The number of benzene rings is 1. The van der Waals surface area contributed by atoms with E-state index in [1.165, 1.54) is 16.4 Å². The first-order chi connectivity index (χ1) is 9.04. The van der Waals surface area contributed by atoms with Gasteiger partial charge in [0.15, 0.2) is 0 Å². The first kappa shape index (κ1) is 13.8. The molecule has 0 radical (unpaired) electrons. The molecule has 102 valence electrons. The molecule has 0 atom stereocenters. The molecular formula is C13H16N2O3S. The van der Waals surface area contributed by atoms with E-state index in [9.17, 15) is 13.2 Å². The lowest BCUT2D eigenvalue weighted by molar-refractivity contribution is -0.111. The van der Waals surface area contributed by atoms with Gasteiger partial charge >= 0.3 is 0 Å². The van der Waals surface area contributed by atoms with Crippen molar-refractivity contribution in [2.24, 2.45) is 0 Å². The van der Waals surface area contributed by atoms with Gasteiger partial charge in [0.25, 0.3) is 0 Å². The number of carbonyl (C=O) groups is 1. The minimum absolute atomic E-state index is 0.205. The summed E-state index contributed by atoms with van der Waals surface area (Å²) in [5.41, 5.74) is 0.449. The average molecular weight is 280 g/mol. The molecule has 0 bridgehead atoms. The summed E-state index contributed by atoms with van der Waals surface area (Å²) in [4.78, 5) is 11.4. The van der Waals surface area contributed by atoms with Gasteiger partial charge in [-0.2, -0.15) is 4.31 Å². The van der Waals surface area contributed by atoms with Crippen LogP contribution in [0.15, 0.2) is 41.8 Å². The lowest BCUT2D eigenvalue weighted by Gasteiger charge is -2.16. The second-order valence-electron chi connectivity index (χ2n) is 4.33. The fourth-order valence-corrected chi connectivity index (χ4v) is 3.57. The van der Waals surface area contributed by atoms with Crippen LogP contribution in [0, 0.1) is 0 Å². The minimum atomic E-state index is -3.45. The van der Waals surface area contributed by atoms with Crippen molar-refractivity contribution >= 4 is 21.6 Å². The number of nitrogens with one attached hydrogen (secondary N) is 1. The van der Waals surface area contributed by atoms with Crippen molar-refractivity contribution in [3.63, 3.8) is 0 Å². The maximum atomic E-state index is 12.3. The maximum absolute atomic E-state index is 12.3. The summed E-state index contributed by atoms with van der Waals surface area (Å²) in [6, 6.07) is 6.26. The molecule has 19 heavy (non-hydrogen) atoms. The van der Waals surface area contributed by atoms with E-state index in [2.05, 4.69) is 11.9 Å². The second kappa shape index (κ2) is 5.54. The van der Waals surface area contributed by atoms with E-state index in [0.29, 0.717) is 18.8 Å². The molecule has 1 saturated heterocycles. The molecule has 1 fully saturated rings. The van der Waals surface area contributed by atoms with Crippen LogP contribution in [0.25, 0.3) is 0 Å². The van der Waals surface area contributed by atoms with Crippen molar-refractivity contribution in [2.75, 3.05) is 18.4 Å². The first-order valence-corrected chi connectivity index (χ1v) is 7.51. The fraction of sp³-hybridized carbons (Fsp3) is 0.308. The Kier molecular flexibility index (Phi) is 4.01. The Hall–Kier alpha value is -1.66. The summed E-state index contributed by atoms with van der Waals surface area (Å²) in [6.07, 6.45) is 2.93. The quantitative estimate of drug-likeness (QED) is 0.852. The summed E-state index contributed by atoms with van der Waals surface area (Å²) in [5, 5.41) is 2.55. The van der Waals surface area contributed by atoms with Gasteiger partial charge in [-0.1, -0.05) is 12.6 Å². The van der Waals surface area contributed by atoms with Crippen molar-refractivity contribution in [1.82, 2.24) is 4.31 Å². The van der Waals surface area contributed by atoms with Gasteiger partial charge in [0.2, 0.25) is 15.9 Å². The number of hydrogen-bond donors (Lipinski definition) is 1. The number of carbonyl (C=O) groups excluding carboxylic acids is 1. The molecule has 2 rings (SSSR count). The van der Waals surface area contributed by atoms with Crippen molar-refractivity contribution in [3.8, 4) is 0 Å². The zero-order chi connectivity index (χ0) is 13.9. The van der Waals surface area contributed by atoms with Crippen LogP contribution in [-0.4, -0.2) is 31.7 Å². The van der Waals surface area contributed by atoms with Gasteiger partial charge in [-0.25, -0.2) is 8.42 Å². The van der Waals surface area contributed by atoms with E-state index < -0.39 is 10.0 Å². The van der Waals surface area contributed by atoms with Crippen molar-refractivity contribution in [2.45, 2.75) is 17.7 Å². The van der Waals surface area contributed by atoms with Gasteiger partial charge in [0.1, 0.15) is 0 Å². The molecule has 1 aromatic carbocycles. The van der Waals surface area contributed by atoms with E-state index in [1.54, 1.807) is 12.1 Å². The lowest BCUT2D eigenvalue weighted by atomic mass is 10.3. The van der Waals surface area contributed by atoms with Gasteiger partial charge in [-0.05, 0) is 37.1 Å². The number of amides is 1. The third-order valence-corrected chi connectivity index (χ3v) is 4.88. The summed E-state index contributed by atoms with van der Waals surface area (Å²) < 4.78 is 26.1. The maximum Gasteiger partial charge on any atom is 0.247 e. The molecule has 0 aromatic heterocycles. The van der Waals surface area contributed by atoms with Crippen LogP contribution in [-0.2, 0) is 14.8 Å². The average Bonchev–Trinajstić information content (AvgIpc) is 2.93. The third kappa shape index (κ3) is 3.02. The topological polar surface area (TPSA) is 66.5 Å². The predicted octanol–water partition coefficient (Wildman–Crippen LogP) is 1.60. The first-order valence-electron chi connectivity index (χ1n) is 6.07. The molecule has 1 N–H and O–H groups in total. The van der Waals surface area contributed by atoms with Crippen LogP contribution in [0.2, 0.25) is 0 Å². The van der Waals surface area contributed by atoms with Crippen LogP contribution in [0.5, 0.6) is 0 Å². The number of anilines is 1. The van der Waals surface area contributed by atoms with Crippen molar-refractivity contribution < 1.29 is 13.2 Å². The Balaban J connectivity index is 2.27. The zero-order valence-corrected chi connectivity index (χ0v) is 11.3. The van der Waals surface area contributed by atoms with Gasteiger partial charge in [-0.15, -0.1) is 0 Å². The molecular weight excluding hydrogens is 264 g/mol. The number of nitrogens with zero attached hydrogens (tertiary/aromatic N) is 1. The number of sulfonamides is 1. The fourth-order valence-electron chi connectivity index (χ4n) is 2.01. The predicted molar refractivity (Wildman–Crippen MR) is 73.3 cm³/mol. The van der Waals surface area contributed by atoms with Crippen molar-refractivity contribution in [1.29, 1.82) is 0 Å². The van der Waals surface area contributed by atoms with Crippen LogP contribution in [0.1, 0.15) is 12.8 Å². The summed E-state index contributed by atoms with van der Waals surface area (Å²) in [6.45, 7) is 4.47. The smallest absolute Gasteiger partial charge is 0.247 e. The SMILES string of the molecule is C=CC(=O)Nc1cccc(S(=O)(=O)N2CCCC2)c1. The van der Waals surface area contributed by atoms with Crippen LogP contribution in [0.4, 0.5) is 5.69 Å². The largest absolute Gasteiger partial charge is 0.322 e. The van der Waals surface area contributed by atoms with Crippen molar-refractivity contribution in [3.05, 3.63) is 36.9 Å². The summed E-state index contributed by atoms with van der Waals surface area (Å²) in [5.74, 6) is -0.365. The Bertz CT molecular complexity index is 590. The van der Waals surface area contributed by atoms with Gasteiger partial charge < -0.3 is 5.32 Å². The molecule has 6 heteroatoms. The lowest BCUT2D eigenvalue weighted by Crippen LogP contribution is -2.27. The molecule has 1 aromatic rings. The minimum Gasteiger partial charge on any atom is -0.322 e. The molecule has 0 unspecified atom stereocenters. The standard InChI is InChI=1S/C13H16N2O3S/c1-2-13(16)14-11-6-5-7-12(10-11)19(17,18)15-8-3-4-9-15/h2,5-7,10H,1,3-4,8-9H2,(H,14,16). The highest BCUT2D eigenvalue weighted by molar-refractivity contribution is 7.89. The molecule has 5 nitrogen and oxygen atoms in total. The Morgan fingerprint density at radius 1 is 1.32 bits per heavy atom.